The Kier molecular flexibility index (Phi) is 2.99. The Labute approximate surface area is 109 Å². The van der Waals surface area contributed by atoms with Crippen molar-refractivity contribution in [2.24, 2.45) is 16.7 Å². The minimum atomic E-state index is -1.36. The van der Waals surface area contributed by atoms with Crippen LogP contribution < -0.4 is 0 Å². The lowest BCUT2D eigenvalue weighted by Crippen LogP contribution is -2.68. The Balaban J connectivity index is 2.65. The van der Waals surface area contributed by atoms with E-state index < -0.39 is 16.4 Å². The van der Waals surface area contributed by atoms with Crippen molar-refractivity contribution in [3.63, 3.8) is 0 Å². The molecule has 0 bridgehead atoms. The number of rotatable bonds is 1. The zero-order valence-corrected chi connectivity index (χ0v) is 11.8. The zero-order chi connectivity index (χ0) is 13.8. The molecular formula is C15H24O3. The molecule has 0 heterocycles. The highest BCUT2D eigenvalue weighted by Crippen LogP contribution is 2.60. The Bertz CT molecular complexity index is 410. The fraction of sp³-hybridized carbons (Fsp3) is 0.800. The van der Waals surface area contributed by atoms with E-state index in [1.54, 1.807) is 0 Å². The fourth-order valence-electron chi connectivity index (χ4n) is 4.33. The van der Waals surface area contributed by atoms with Crippen molar-refractivity contribution in [3.05, 3.63) is 11.6 Å². The number of ketones is 1. The van der Waals surface area contributed by atoms with Gasteiger partial charge in [-0.15, -0.1) is 0 Å². The van der Waals surface area contributed by atoms with Crippen molar-refractivity contribution in [2.75, 3.05) is 6.61 Å². The van der Waals surface area contributed by atoms with Crippen molar-refractivity contribution >= 4 is 5.78 Å². The zero-order valence-electron chi connectivity index (χ0n) is 11.8. The number of aliphatic hydroxyl groups is 2. The van der Waals surface area contributed by atoms with Crippen LogP contribution in [0.5, 0.6) is 0 Å². The van der Waals surface area contributed by atoms with Gasteiger partial charge in [0.05, 0.1) is 6.61 Å². The molecule has 0 unspecified atom stereocenters. The van der Waals surface area contributed by atoms with Crippen LogP contribution in [0.3, 0.4) is 0 Å². The monoisotopic (exact) mass is 252 g/mol. The summed E-state index contributed by atoms with van der Waals surface area (Å²) in [6.07, 6.45) is 4.16. The second kappa shape index (κ2) is 3.91. The molecule has 1 saturated carbocycles. The predicted octanol–water partition coefficient (Wildman–Crippen LogP) is 2.07. The molecule has 102 valence electrons. The van der Waals surface area contributed by atoms with E-state index in [9.17, 15) is 15.0 Å². The van der Waals surface area contributed by atoms with E-state index in [1.165, 1.54) is 6.08 Å². The molecule has 2 aliphatic carbocycles. The topological polar surface area (TPSA) is 57.5 Å². The number of hydrogen-bond donors (Lipinski definition) is 2. The van der Waals surface area contributed by atoms with E-state index >= 15 is 0 Å². The van der Waals surface area contributed by atoms with Crippen LogP contribution in [0.4, 0.5) is 0 Å². The predicted molar refractivity (Wildman–Crippen MR) is 70.0 cm³/mol. The van der Waals surface area contributed by atoms with Crippen LogP contribution >= 0.6 is 0 Å². The third-order valence-corrected chi connectivity index (χ3v) is 5.52. The maximum atomic E-state index is 12.4. The molecule has 2 aliphatic rings. The maximum absolute atomic E-state index is 12.4. The van der Waals surface area contributed by atoms with Gasteiger partial charge in [-0.1, -0.05) is 32.8 Å². The first-order valence-electron chi connectivity index (χ1n) is 6.76. The number of carbonyl (C=O) groups is 1. The summed E-state index contributed by atoms with van der Waals surface area (Å²) in [5.74, 6) is -0.309. The van der Waals surface area contributed by atoms with Gasteiger partial charge in [-0.25, -0.2) is 0 Å². The van der Waals surface area contributed by atoms with Crippen LogP contribution in [-0.4, -0.2) is 28.2 Å². The highest BCUT2D eigenvalue weighted by Gasteiger charge is 2.65. The third kappa shape index (κ3) is 1.41. The second-order valence-corrected chi connectivity index (χ2v) is 6.85. The number of carbonyl (C=O) groups excluding carboxylic acids is 1. The molecular weight excluding hydrogens is 228 g/mol. The first kappa shape index (κ1) is 13.8. The number of hydrogen-bond acceptors (Lipinski definition) is 3. The van der Waals surface area contributed by atoms with Crippen LogP contribution in [-0.2, 0) is 4.79 Å². The molecule has 3 nitrogen and oxygen atoms in total. The van der Waals surface area contributed by atoms with Gasteiger partial charge in [0.15, 0.2) is 5.78 Å². The average molecular weight is 252 g/mol. The summed E-state index contributed by atoms with van der Waals surface area (Å²) in [5.41, 5.74) is -1.46. The van der Waals surface area contributed by atoms with Crippen LogP contribution in [0.1, 0.15) is 47.0 Å². The van der Waals surface area contributed by atoms with Crippen LogP contribution in [0, 0.1) is 16.7 Å². The van der Waals surface area contributed by atoms with Gasteiger partial charge in [-0.2, -0.15) is 0 Å². The van der Waals surface area contributed by atoms with Gasteiger partial charge < -0.3 is 10.2 Å². The first-order chi connectivity index (χ1) is 8.20. The lowest BCUT2D eigenvalue weighted by atomic mass is 9.45. The molecule has 0 amide bonds. The van der Waals surface area contributed by atoms with Crippen LogP contribution in [0.15, 0.2) is 11.6 Å². The van der Waals surface area contributed by atoms with E-state index in [4.69, 9.17) is 0 Å². The lowest BCUT2D eigenvalue weighted by molar-refractivity contribution is -0.204. The molecule has 0 aromatic heterocycles. The largest absolute Gasteiger partial charge is 0.396 e. The Morgan fingerprint density at radius 1 is 1.33 bits per heavy atom. The summed E-state index contributed by atoms with van der Waals surface area (Å²) < 4.78 is 0. The van der Waals surface area contributed by atoms with Crippen molar-refractivity contribution in [1.29, 1.82) is 0 Å². The van der Waals surface area contributed by atoms with Gasteiger partial charge >= 0.3 is 0 Å². The van der Waals surface area contributed by atoms with Gasteiger partial charge in [0, 0.05) is 16.7 Å². The Morgan fingerprint density at radius 3 is 2.50 bits per heavy atom. The first-order valence-corrected chi connectivity index (χ1v) is 6.76. The standard InChI is InChI=1S/C15H24O3/c1-10-8-12(17)15(18)13(2,3)6-5-7-14(15,4)11(10)9-16/h8,11,16,18H,5-7,9H2,1-4H3/t11-,14+,15+/m0/s1. The normalized spacial score (nSPS) is 43.3. The summed E-state index contributed by atoms with van der Waals surface area (Å²) in [5, 5.41) is 20.8. The molecule has 2 N–H and O–H groups in total. The Morgan fingerprint density at radius 2 is 1.94 bits per heavy atom. The highest BCUT2D eigenvalue weighted by molar-refractivity contribution is 6.00. The van der Waals surface area contributed by atoms with E-state index in [-0.39, 0.29) is 18.3 Å². The van der Waals surface area contributed by atoms with Gasteiger partial charge in [0.2, 0.25) is 0 Å². The van der Waals surface area contributed by atoms with E-state index in [2.05, 4.69) is 0 Å². The second-order valence-electron chi connectivity index (χ2n) is 6.85. The number of aliphatic hydroxyl groups excluding tert-OH is 1. The minimum absolute atomic E-state index is 0.00942. The number of fused-ring (bicyclic) bond motifs is 1. The van der Waals surface area contributed by atoms with E-state index in [1.807, 2.05) is 27.7 Å². The maximum Gasteiger partial charge on any atom is 0.188 e. The quantitative estimate of drug-likeness (QED) is 0.751. The molecule has 3 heteroatoms. The molecule has 0 aliphatic heterocycles. The fourth-order valence-corrected chi connectivity index (χ4v) is 4.33. The minimum Gasteiger partial charge on any atom is -0.396 e. The van der Waals surface area contributed by atoms with E-state index in [0.717, 1.165) is 24.8 Å². The molecule has 18 heavy (non-hydrogen) atoms. The average Bonchev–Trinajstić information content (AvgIpc) is 2.24. The molecule has 0 aromatic rings. The third-order valence-electron chi connectivity index (χ3n) is 5.52. The van der Waals surface area contributed by atoms with Gasteiger partial charge in [-0.05, 0) is 25.8 Å². The van der Waals surface area contributed by atoms with Crippen molar-refractivity contribution < 1.29 is 15.0 Å². The summed E-state index contributed by atoms with van der Waals surface area (Å²) in [7, 11) is 0. The molecule has 0 saturated heterocycles. The summed E-state index contributed by atoms with van der Waals surface area (Å²) in [4.78, 5) is 12.4. The highest BCUT2D eigenvalue weighted by atomic mass is 16.3. The van der Waals surface area contributed by atoms with Crippen molar-refractivity contribution in [2.45, 2.75) is 52.6 Å². The van der Waals surface area contributed by atoms with Gasteiger partial charge in [-0.3, -0.25) is 4.79 Å². The summed E-state index contributed by atoms with van der Waals surface area (Å²) in [6.45, 7) is 7.76. The lowest BCUT2D eigenvalue weighted by Gasteiger charge is -2.60. The van der Waals surface area contributed by atoms with Crippen LogP contribution in [0.25, 0.3) is 0 Å². The molecule has 3 atom stereocenters. The summed E-state index contributed by atoms with van der Waals surface area (Å²) in [6, 6.07) is 0. The summed E-state index contributed by atoms with van der Waals surface area (Å²) >= 11 is 0. The smallest absolute Gasteiger partial charge is 0.188 e. The Hall–Kier alpha value is -0.670. The van der Waals surface area contributed by atoms with Crippen molar-refractivity contribution in [1.82, 2.24) is 0 Å². The molecule has 1 fully saturated rings. The molecule has 0 aromatic carbocycles. The van der Waals surface area contributed by atoms with E-state index in [0.29, 0.717) is 0 Å². The SMILES string of the molecule is CC1=CC(=O)[C@@]2(O)C(C)(C)CCC[C@]2(C)[C@H]1CO. The van der Waals surface area contributed by atoms with Crippen molar-refractivity contribution in [3.8, 4) is 0 Å². The molecule has 0 radical (unpaired) electrons. The van der Waals surface area contributed by atoms with Crippen LogP contribution in [0.2, 0.25) is 0 Å². The molecule has 0 spiro atoms. The molecule has 2 rings (SSSR count). The van der Waals surface area contributed by atoms with Gasteiger partial charge in [0.1, 0.15) is 5.60 Å². The van der Waals surface area contributed by atoms with Gasteiger partial charge in [0.25, 0.3) is 0 Å².